The Labute approximate surface area is 295 Å². The van der Waals surface area contributed by atoms with Crippen LogP contribution in [0.3, 0.4) is 0 Å². The molecule has 1 aromatic heterocycles. The highest BCUT2D eigenvalue weighted by atomic mass is 16.7. The summed E-state index contributed by atoms with van der Waals surface area (Å²) in [5.74, 6) is -1.34. The average molecular weight is 737 g/mol. The number of carbonyl (C=O) groups is 2. The molecule has 0 bridgehead atoms. The summed E-state index contributed by atoms with van der Waals surface area (Å²) < 4.78 is 50.5. The molecule has 20 nitrogen and oxygen atoms in total. The molecule has 1 aromatic rings. The van der Waals surface area contributed by atoms with Gasteiger partial charge in [-0.3, -0.25) is 4.79 Å². The number of ether oxygens (including phenoxy) is 9. The zero-order valence-electron chi connectivity index (χ0n) is 28.9. The summed E-state index contributed by atoms with van der Waals surface area (Å²) in [6.07, 6.45) is -10.3. The van der Waals surface area contributed by atoms with Crippen LogP contribution in [0.15, 0.2) is 6.20 Å². The number of carbonyl (C=O) groups excluding carboxylic acids is 1. The number of methoxy groups -OCH3 is 2. The lowest BCUT2D eigenvalue weighted by Crippen LogP contribution is -2.63. The number of nitrogens with one attached hydrogen (secondary N) is 1. The topological polar surface area (TPSA) is 261 Å². The molecule has 0 aromatic carbocycles. The van der Waals surface area contributed by atoms with Crippen molar-refractivity contribution in [1.82, 2.24) is 20.3 Å². The number of nitrogens with zero attached hydrogens (tertiary/aromatic N) is 3. The van der Waals surface area contributed by atoms with Crippen molar-refractivity contribution in [3.05, 3.63) is 11.9 Å². The van der Waals surface area contributed by atoms with Gasteiger partial charge in [0.15, 0.2) is 12.4 Å². The van der Waals surface area contributed by atoms with Crippen molar-refractivity contribution in [2.24, 2.45) is 0 Å². The molecule has 292 valence electrons. The molecule has 1 amide bonds. The molecule has 1 saturated carbocycles. The van der Waals surface area contributed by atoms with E-state index in [1.165, 1.54) is 27.1 Å². The molecule has 3 aliphatic rings. The lowest BCUT2D eigenvalue weighted by Gasteiger charge is -2.44. The predicted molar refractivity (Wildman–Crippen MR) is 169 cm³/mol. The third-order valence-corrected chi connectivity index (χ3v) is 8.62. The highest BCUT2D eigenvalue weighted by molar-refractivity contribution is 5.76. The highest BCUT2D eigenvalue weighted by Crippen LogP contribution is 2.38. The first kappa shape index (κ1) is 41.3. The zero-order valence-corrected chi connectivity index (χ0v) is 28.9. The van der Waals surface area contributed by atoms with Crippen molar-refractivity contribution in [3.63, 3.8) is 0 Å². The number of aliphatic hydroxyl groups excluding tert-OH is 4. The molecule has 2 saturated heterocycles. The second-order valence-electron chi connectivity index (χ2n) is 12.4. The van der Waals surface area contributed by atoms with E-state index in [4.69, 9.17) is 42.6 Å². The summed E-state index contributed by atoms with van der Waals surface area (Å²) in [5.41, 5.74) is 1.06. The number of hydrogen-bond donors (Lipinski definition) is 6. The number of rotatable bonds is 24. The second kappa shape index (κ2) is 21.3. The minimum atomic E-state index is -1.72. The smallest absolute Gasteiger partial charge is 0.335 e. The van der Waals surface area contributed by atoms with Crippen LogP contribution in [0.5, 0.6) is 0 Å². The minimum absolute atomic E-state index is 0.184. The van der Waals surface area contributed by atoms with Crippen LogP contribution in [-0.2, 0) is 58.8 Å². The average Bonchev–Trinajstić information content (AvgIpc) is 3.86. The van der Waals surface area contributed by atoms with Gasteiger partial charge < -0.3 is 73.5 Å². The van der Waals surface area contributed by atoms with E-state index < -0.39 is 79.7 Å². The molecule has 1 aliphatic carbocycles. The van der Waals surface area contributed by atoms with E-state index in [0.717, 1.165) is 5.69 Å². The molecule has 0 spiro atoms. The Bertz CT molecular complexity index is 1180. The fourth-order valence-corrected chi connectivity index (χ4v) is 5.66. The standard InChI is InChI=1S/C31H52N4O16/c1-43-27-20(50-21(23(37)24(27)38)17-49-28-25(39)26(40)31(44-2)51-29(28)30(41)42)15-22(36)32-5-7-45-9-11-47-13-14-48-12-10-46-8-6-35-16-19(33-34-35)18-3-4-18/h16,18,20-21,23-29,31,37-40H,3-15,17H2,1-2H3,(H,32,36)(H,41,42). The SMILES string of the molecule is COC1OC(C(=O)O)C(OCC2OC(CC(=O)NCCOCCOCCOCCOCCn3cc(C4CC4)nn3)C(OC)C(O)C2O)C(O)C1O. The normalized spacial score (nSPS) is 31.1. The van der Waals surface area contributed by atoms with Crippen LogP contribution in [-0.4, -0.2) is 194 Å². The zero-order chi connectivity index (χ0) is 36.8. The van der Waals surface area contributed by atoms with E-state index in [2.05, 4.69) is 15.6 Å². The molecule has 2 aliphatic heterocycles. The summed E-state index contributed by atoms with van der Waals surface area (Å²) in [6.45, 7) is 3.42. The summed E-state index contributed by atoms with van der Waals surface area (Å²) in [6, 6.07) is 0. The molecule has 10 atom stereocenters. The molecule has 3 heterocycles. The molecule has 51 heavy (non-hydrogen) atoms. The van der Waals surface area contributed by atoms with Crippen LogP contribution in [0.25, 0.3) is 0 Å². The van der Waals surface area contributed by atoms with E-state index >= 15 is 0 Å². The van der Waals surface area contributed by atoms with E-state index in [9.17, 15) is 35.1 Å². The highest BCUT2D eigenvalue weighted by Gasteiger charge is 2.50. The lowest BCUT2D eigenvalue weighted by atomic mass is 9.93. The van der Waals surface area contributed by atoms with Crippen LogP contribution < -0.4 is 5.32 Å². The van der Waals surface area contributed by atoms with Gasteiger partial charge in [0.25, 0.3) is 0 Å². The molecule has 10 unspecified atom stereocenters. The van der Waals surface area contributed by atoms with Gasteiger partial charge >= 0.3 is 5.97 Å². The molecule has 3 fully saturated rings. The maximum atomic E-state index is 12.7. The third-order valence-electron chi connectivity index (χ3n) is 8.62. The fraction of sp³-hybridized carbons (Fsp3) is 0.871. The molecule has 4 rings (SSSR count). The Morgan fingerprint density at radius 1 is 0.824 bits per heavy atom. The first-order valence-corrected chi connectivity index (χ1v) is 17.0. The quantitative estimate of drug-likeness (QED) is 0.0571. The van der Waals surface area contributed by atoms with Gasteiger partial charge in [-0.15, -0.1) is 5.10 Å². The number of aromatic nitrogens is 3. The van der Waals surface area contributed by atoms with Crippen molar-refractivity contribution in [1.29, 1.82) is 0 Å². The van der Waals surface area contributed by atoms with Crippen molar-refractivity contribution in [2.45, 2.75) is 93.0 Å². The Balaban J connectivity index is 1.03. The molecule has 6 N–H and O–H groups in total. The van der Waals surface area contributed by atoms with Gasteiger partial charge in [0.05, 0.1) is 84.2 Å². The van der Waals surface area contributed by atoms with Crippen LogP contribution in [0, 0.1) is 0 Å². The molecular weight excluding hydrogens is 684 g/mol. The first-order valence-electron chi connectivity index (χ1n) is 17.0. The summed E-state index contributed by atoms with van der Waals surface area (Å²) >= 11 is 0. The number of aliphatic hydroxyl groups is 4. The Hall–Kier alpha value is -2.44. The summed E-state index contributed by atoms with van der Waals surface area (Å²) in [7, 11) is 2.46. The minimum Gasteiger partial charge on any atom is -0.479 e. The van der Waals surface area contributed by atoms with E-state index in [-0.39, 0.29) is 19.6 Å². The fourth-order valence-electron chi connectivity index (χ4n) is 5.66. The number of aliphatic carboxylic acids is 1. The van der Waals surface area contributed by atoms with Gasteiger partial charge in [0.1, 0.15) is 42.7 Å². The van der Waals surface area contributed by atoms with Crippen LogP contribution in [0.2, 0.25) is 0 Å². The summed E-state index contributed by atoms with van der Waals surface area (Å²) in [5, 5.41) is 62.5. The molecular formula is C31H52N4O16. The Kier molecular flexibility index (Phi) is 17.3. The largest absolute Gasteiger partial charge is 0.479 e. The first-order chi connectivity index (χ1) is 24.6. The van der Waals surface area contributed by atoms with Crippen LogP contribution >= 0.6 is 0 Å². The van der Waals surface area contributed by atoms with E-state index in [0.29, 0.717) is 58.7 Å². The van der Waals surface area contributed by atoms with Gasteiger partial charge in [0.2, 0.25) is 5.91 Å². The van der Waals surface area contributed by atoms with Crippen molar-refractivity contribution in [2.75, 3.05) is 80.2 Å². The molecule has 0 radical (unpaired) electrons. The number of carboxylic acids is 1. The Morgan fingerprint density at radius 2 is 1.45 bits per heavy atom. The molecule has 20 heteroatoms. The van der Waals surface area contributed by atoms with Gasteiger partial charge in [-0.05, 0) is 12.8 Å². The van der Waals surface area contributed by atoms with Crippen LogP contribution in [0.1, 0.15) is 30.9 Å². The van der Waals surface area contributed by atoms with E-state index in [1.807, 2.05) is 6.20 Å². The maximum absolute atomic E-state index is 12.7. The van der Waals surface area contributed by atoms with Gasteiger partial charge in [-0.2, -0.15) is 0 Å². The monoisotopic (exact) mass is 736 g/mol. The van der Waals surface area contributed by atoms with Crippen LogP contribution in [0.4, 0.5) is 0 Å². The second-order valence-corrected chi connectivity index (χ2v) is 12.4. The van der Waals surface area contributed by atoms with Crippen molar-refractivity contribution >= 4 is 11.9 Å². The lowest BCUT2D eigenvalue weighted by molar-refractivity contribution is -0.302. The Morgan fingerprint density at radius 3 is 2.06 bits per heavy atom. The number of hydrogen-bond acceptors (Lipinski definition) is 17. The van der Waals surface area contributed by atoms with Gasteiger partial charge in [0, 0.05) is 32.9 Å². The number of carboxylic acid groups (broad SMARTS) is 1. The van der Waals surface area contributed by atoms with Crippen molar-refractivity contribution in [3.8, 4) is 0 Å². The third kappa shape index (κ3) is 12.6. The van der Waals surface area contributed by atoms with Gasteiger partial charge in [-0.25, -0.2) is 9.48 Å². The van der Waals surface area contributed by atoms with Crippen molar-refractivity contribution < 1.29 is 77.8 Å². The van der Waals surface area contributed by atoms with E-state index in [1.54, 1.807) is 4.68 Å². The number of amides is 1. The van der Waals surface area contributed by atoms with Gasteiger partial charge in [-0.1, -0.05) is 5.21 Å². The maximum Gasteiger partial charge on any atom is 0.335 e. The summed E-state index contributed by atoms with van der Waals surface area (Å²) in [4.78, 5) is 24.4. The predicted octanol–water partition coefficient (Wildman–Crippen LogP) is -3.20.